The van der Waals surface area contributed by atoms with E-state index in [4.69, 9.17) is 14.2 Å². The molecule has 0 aliphatic heterocycles. The smallest absolute Gasteiger partial charge is 0.339 e. The van der Waals surface area contributed by atoms with Crippen molar-refractivity contribution in [2.45, 2.75) is 26.4 Å². The lowest BCUT2D eigenvalue weighted by molar-refractivity contribution is -0.123. The Morgan fingerprint density at radius 1 is 1.21 bits per heavy atom. The quantitative estimate of drug-likeness (QED) is 0.564. The zero-order valence-corrected chi connectivity index (χ0v) is 17.6. The van der Waals surface area contributed by atoms with Crippen molar-refractivity contribution in [1.82, 2.24) is 0 Å². The van der Waals surface area contributed by atoms with Crippen LogP contribution in [0.4, 0.5) is 14.5 Å². The number of carbonyl (C=O) groups is 2. The highest BCUT2D eigenvalue weighted by atomic mass is 79.9. The van der Waals surface area contributed by atoms with E-state index in [1.165, 1.54) is 26.2 Å². The SMILES string of the molecule is CCCOc1c(Br)cc(C(=O)OC(C)C(=O)Nc2ccc(F)cc2F)cc1OC. The number of carbonyl (C=O) groups excluding carboxylic acids is 2. The highest BCUT2D eigenvalue weighted by Gasteiger charge is 2.22. The van der Waals surface area contributed by atoms with E-state index in [1.807, 2.05) is 6.92 Å². The second kappa shape index (κ2) is 10.2. The first-order valence-corrected chi connectivity index (χ1v) is 9.53. The fraction of sp³-hybridized carbons (Fsp3) is 0.300. The molecule has 156 valence electrons. The monoisotopic (exact) mass is 471 g/mol. The van der Waals surface area contributed by atoms with Gasteiger partial charge in [0.2, 0.25) is 0 Å². The van der Waals surface area contributed by atoms with Gasteiger partial charge in [0.05, 0.1) is 29.4 Å². The number of halogens is 3. The minimum atomic E-state index is -1.23. The molecule has 2 aromatic rings. The van der Waals surface area contributed by atoms with Crippen molar-refractivity contribution in [3.8, 4) is 11.5 Å². The summed E-state index contributed by atoms with van der Waals surface area (Å²) < 4.78 is 43.1. The molecule has 1 N–H and O–H groups in total. The van der Waals surface area contributed by atoms with Crippen LogP contribution in [0.5, 0.6) is 11.5 Å². The van der Waals surface area contributed by atoms with Gasteiger partial charge in [-0.3, -0.25) is 4.79 Å². The van der Waals surface area contributed by atoms with Crippen molar-refractivity contribution in [3.05, 3.63) is 52.0 Å². The lowest BCUT2D eigenvalue weighted by atomic mass is 10.2. The second-order valence-electron chi connectivity index (χ2n) is 6.00. The van der Waals surface area contributed by atoms with Crippen LogP contribution in [0.3, 0.4) is 0 Å². The molecule has 0 saturated heterocycles. The fourth-order valence-corrected chi connectivity index (χ4v) is 2.85. The van der Waals surface area contributed by atoms with Gasteiger partial charge in [-0.05, 0) is 53.5 Å². The number of methoxy groups -OCH3 is 1. The Morgan fingerprint density at radius 2 is 1.93 bits per heavy atom. The number of ether oxygens (including phenoxy) is 3. The fourth-order valence-electron chi connectivity index (χ4n) is 2.29. The van der Waals surface area contributed by atoms with Crippen LogP contribution in [0, 0.1) is 11.6 Å². The largest absolute Gasteiger partial charge is 0.493 e. The van der Waals surface area contributed by atoms with Crippen LogP contribution < -0.4 is 14.8 Å². The molecule has 1 atom stereocenters. The highest BCUT2D eigenvalue weighted by Crippen LogP contribution is 2.37. The maximum Gasteiger partial charge on any atom is 0.339 e. The number of rotatable bonds is 8. The summed E-state index contributed by atoms with van der Waals surface area (Å²) in [5, 5.41) is 2.25. The molecular formula is C20H20BrF2NO5. The van der Waals surface area contributed by atoms with E-state index in [1.54, 1.807) is 0 Å². The predicted octanol–water partition coefficient (Wildman–Crippen LogP) is 4.71. The van der Waals surface area contributed by atoms with Crippen molar-refractivity contribution >= 4 is 33.5 Å². The number of anilines is 1. The molecule has 6 nitrogen and oxygen atoms in total. The first-order chi connectivity index (χ1) is 13.8. The first-order valence-electron chi connectivity index (χ1n) is 8.74. The van der Waals surface area contributed by atoms with Gasteiger partial charge in [-0.25, -0.2) is 13.6 Å². The number of hydrogen-bond donors (Lipinski definition) is 1. The molecule has 2 aromatic carbocycles. The lowest BCUT2D eigenvalue weighted by Gasteiger charge is -2.16. The van der Waals surface area contributed by atoms with E-state index >= 15 is 0 Å². The molecule has 0 spiro atoms. The minimum Gasteiger partial charge on any atom is -0.493 e. The third-order valence-electron chi connectivity index (χ3n) is 3.76. The summed E-state index contributed by atoms with van der Waals surface area (Å²) in [4.78, 5) is 24.6. The molecule has 0 fully saturated rings. The van der Waals surface area contributed by atoms with Crippen LogP contribution in [0.25, 0.3) is 0 Å². The highest BCUT2D eigenvalue weighted by molar-refractivity contribution is 9.10. The Morgan fingerprint density at radius 3 is 2.55 bits per heavy atom. The Labute approximate surface area is 175 Å². The van der Waals surface area contributed by atoms with E-state index in [9.17, 15) is 18.4 Å². The number of amides is 1. The van der Waals surface area contributed by atoms with Gasteiger partial charge in [-0.15, -0.1) is 0 Å². The molecule has 29 heavy (non-hydrogen) atoms. The molecule has 0 heterocycles. The number of nitrogens with one attached hydrogen (secondary N) is 1. The molecule has 0 bridgehead atoms. The van der Waals surface area contributed by atoms with Gasteiger partial charge >= 0.3 is 5.97 Å². The van der Waals surface area contributed by atoms with Crippen LogP contribution in [0.2, 0.25) is 0 Å². The summed E-state index contributed by atoms with van der Waals surface area (Å²) in [7, 11) is 1.43. The lowest BCUT2D eigenvalue weighted by Crippen LogP contribution is -2.30. The number of esters is 1. The molecule has 0 aliphatic carbocycles. The maximum absolute atomic E-state index is 13.7. The number of hydrogen-bond acceptors (Lipinski definition) is 5. The third kappa shape index (κ3) is 5.90. The summed E-state index contributed by atoms with van der Waals surface area (Å²) in [5.41, 5.74) is -0.0914. The normalized spacial score (nSPS) is 11.5. The third-order valence-corrected chi connectivity index (χ3v) is 4.35. The summed E-state index contributed by atoms with van der Waals surface area (Å²) >= 11 is 3.33. The van der Waals surface area contributed by atoms with E-state index in [-0.39, 0.29) is 11.3 Å². The van der Waals surface area contributed by atoms with Gasteiger partial charge in [-0.2, -0.15) is 0 Å². The maximum atomic E-state index is 13.7. The van der Waals surface area contributed by atoms with Crippen LogP contribution in [-0.4, -0.2) is 31.7 Å². The van der Waals surface area contributed by atoms with E-state index in [0.717, 1.165) is 18.6 Å². The van der Waals surface area contributed by atoms with Crippen LogP contribution in [0.1, 0.15) is 30.6 Å². The molecule has 0 radical (unpaired) electrons. The van der Waals surface area contributed by atoms with Crippen LogP contribution in [0.15, 0.2) is 34.8 Å². The van der Waals surface area contributed by atoms with Gasteiger partial charge in [0.1, 0.15) is 11.6 Å². The first kappa shape index (κ1) is 22.6. The van der Waals surface area contributed by atoms with E-state index in [0.29, 0.717) is 28.6 Å². The summed E-state index contributed by atoms with van der Waals surface area (Å²) in [6, 6.07) is 5.64. The molecule has 2 rings (SSSR count). The van der Waals surface area contributed by atoms with Crippen molar-refractivity contribution in [2.24, 2.45) is 0 Å². The Bertz CT molecular complexity index is 907. The van der Waals surface area contributed by atoms with Crippen LogP contribution >= 0.6 is 15.9 Å². The van der Waals surface area contributed by atoms with Gasteiger partial charge in [0.25, 0.3) is 5.91 Å². The second-order valence-corrected chi connectivity index (χ2v) is 6.85. The van der Waals surface area contributed by atoms with Crippen molar-refractivity contribution in [1.29, 1.82) is 0 Å². The molecule has 1 amide bonds. The van der Waals surface area contributed by atoms with Crippen molar-refractivity contribution in [3.63, 3.8) is 0 Å². The zero-order valence-electron chi connectivity index (χ0n) is 16.1. The summed E-state index contributed by atoms with van der Waals surface area (Å²) in [6.45, 7) is 3.76. The molecule has 9 heteroatoms. The predicted molar refractivity (Wildman–Crippen MR) is 106 cm³/mol. The molecule has 0 aliphatic rings. The van der Waals surface area contributed by atoms with Crippen LogP contribution in [-0.2, 0) is 9.53 Å². The molecular weight excluding hydrogens is 452 g/mol. The van der Waals surface area contributed by atoms with Crippen molar-refractivity contribution < 1.29 is 32.6 Å². The van der Waals surface area contributed by atoms with Gasteiger partial charge in [0.15, 0.2) is 17.6 Å². The standard InChI is InChI=1S/C20H20BrF2NO5/c1-4-7-28-18-14(21)8-12(9-17(18)27-3)20(26)29-11(2)19(25)24-16-6-5-13(22)10-15(16)23/h5-6,8-11H,4,7H2,1-3H3,(H,24,25). The topological polar surface area (TPSA) is 73.9 Å². The summed E-state index contributed by atoms with van der Waals surface area (Å²) in [6.07, 6.45) is -0.437. The van der Waals surface area contributed by atoms with Crippen molar-refractivity contribution in [2.75, 3.05) is 19.0 Å². The van der Waals surface area contributed by atoms with Gasteiger partial charge in [0, 0.05) is 6.07 Å². The molecule has 1 unspecified atom stereocenters. The Kier molecular flexibility index (Phi) is 7.95. The van der Waals surface area contributed by atoms with Gasteiger partial charge < -0.3 is 19.5 Å². The van der Waals surface area contributed by atoms with Gasteiger partial charge in [-0.1, -0.05) is 6.92 Å². The zero-order chi connectivity index (χ0) is 21.6. The molecule has 0 aromatic heterocycles. The average Bonchev–Trinajstić information content (AvgIpc) is 2.68. The Hall–Kier alpha value is -2.68. The average molecular weight is 472 g/mol. The van der Waals surface area contributed by atoms with E-state index < -0.39 is 29.6 Å². The summed E-state index contributed by atoms with van der Waals surface area (Å²) in [5.74, 6) is -2.49. The minimum absolute atomic E-state index is 0.130. The molecule has 0 saturated carbocycles. The Balaban J connectivity index is 2.10. The van der Waals surface area contributed by atoms with E-state index in [2.05, 4.69) is 21.2 Å². The number of benzene rings is 2.